The lowest BCUT2D eigenvalue weighted by Gasteiger charge is -2.27. The van der Waals surface area contributed by atoms with E-state index >= 15 is 0 Å². The lowest BCUT2D eigenvalue weighted by Crippen LogP contribution is -2.41. The van der Waals surface area contributed by atoms with E-state index in [0.29, 0.717) is 30.8 Å². The van der Waals surface area contributed by atoms with E-state index in [1.807, 2.05) is 0 Å². The van der Waals surface area contributed by atoms with Crippen LogP contribution in [0.5, 0.6) is 0 Å². The van der Waals surface area contributed by atoms with Crippen LogP contribution in [0, 0.1) is 11.8 Å². The third-order valence-electron chi connectivity index (χ3n) is 4.14. The van der Waals surface area contributed by atoms with E-state index in [2.05, 4.69) is 32.4 Å². The number of piperidine rings is 1. The van der Waals surface area contributed by atoms with Crippen LogP contribution in [0.3, 0.4) is 0 Å². The molecule has 2 atom stereocenters. The van der Waals surface area contributed by atoms with Gasteiger partial charge in [0.05, 0.1) is 37.2 Å². The Bertz CT molecular complexity index is 501. The van der Waals surface area contributed by atoms with Crippen LogP contribution in [0.2, 0.25) is 0 Å². The number of carbonyl (C=O) groups is 1. The third kappa shape index (κ3) is 3.72. The number of nitrogens with one attached hydrogen (secondary N) is 2. The second kappa shape index (κ2) is 7.02. The highest BCUT2D eigenvalue weighted by atomic mass is 16.5. The van der Waals surface area contributed by atoms with E-state index < -0.39 is 0 Å². The van der Waals surface area contributed by atoms with Gasteiger partial charge in [-0.2, -0.15) is 0 Å². The van der Waals surface area contributed by atoms with Gasteiger partial charge in [-0.25, -0.2) is 9.97 Å². The summed E-state index contributed by atoms with van der Waals surface area (Å²) < 4.78 is 5.31. The van der Waals surface area contributed by atoms with E-state index in [0.717, 1.165) is 32.6 Å². The highest BCUT2D eigenvalue weighted by Crippen LogP contribution is 2.18. The van der Waals surface area contributed by atoms with E-state index in [9.17, 15) is 4.79 Å². The predicted octanol–water partition coefficient (Wildman–Crippen LogP) is 0.497. The maximum atomic E-state index is 12.3. The van der Waals surface area contributed by atoms with Gasteiger partial charge in [-0.1, -0.05) is 6.92 Å². The topological polar surface area (TPSA) is 79.4 Å². The van der Waals surface area contributed by atoms with Crippen LogP contribution in [-0.4, -0.2) is 55.3 Å². The van der Waals surface area contributed by atoms with Crippen molar-refractivity contribution in [3.05, 3.63) is 12.4 Å². The van der Waals surface area contributed by atoms with Crippen molar-refractivity contribution in [3.63, 3.8) is 0 Å². The van der Waals surface area contributed by atoms with E-state index in [4.69, 9.17) is 4.74 Å². The maximum absolute atomic E-state index is 12.3. The Morgan fingerprint density at radius 1 is 1.32 bits per heavy atom. The summed E-state index contributed by atoms with van der Waals surface area (Å²) in [6.07, 6.45) is 4.27. The quantitative estimate of drug-likeness (QED) is 0.846. The molecule has 0 spiro atoms. The maximum Gasteiger partial charge on any atom is 0.228 e. The summed E-state index contributed by atoms with van der Waals surface area (Å²) in [5.41, 5.74) is 0.653. The highest BCUT2D eigenvalue weighted by molar-refractivity contribution is 5.92. The standard InChI is InChI=1S/C15H23N5O2/c1-11-6-12(8-16-7-11)14(21)19-13-9-17-15(18-10-13)20-2-4-22-5-3-20/h9-12,16H,2-8H2,1H3,(H,19,21). The van der Waals surface area contributed by atoms with Crippen LogP contribution in [0.1, 0.15) is 13.3 Å². The average Bonchev–Trinajstić information content (AvgIpc) is 2.56. The summed E-state index contributed by atoms with van der Waals surface area (Å²) in [4.78, 5) is 23.0. The van der Waals surface area contributed by atoms with Gasteiger partial charge in [-0.15, -0.1) is 0 Å². The first-order valence-corrected chi connectivity index (χ1v) is 7.88. The molecule has 1 aromatic heterocycles. The second-order valence-electron chi connectivity index (χ2n) is 6.06. The van der Waals surface area contributed by atoms with Crippen molar-refractivity contribution in [1.82, 2.24) is 15.3 Å². The van der Waals surface area contributed by atoms with Crippen LogP contribution in [-0.2, 0) is 9.53 Å². The van der Waals surface area contributed by atoms with Gasteiger partial charge >= 0.3 is 0 Å². The lowest BCUT2D eigenvalue weighted by molar-refractivity contribution is -0.120. The number of morpholine rings is 1. The molecule has 0 aromatic carbocycles. The molecule has 3 rings (SSSR count). The van der Waals surface area contributed by atoms with Gasteiger partial charge in [0.2, 0.25) is 11.9 Å². The molecule has 2 N–H and O–H groups in total. The van der Waals surface area contributed by atoms with E-state index in [1.54, 1.807) is 12.4 Å². The zero-order chi connectivity index (χ0) is 15.4. The Morgan fingerprint density at radius 2 is 2.05 bits per heavy atom. The molecule has 1 aromatic rings. The first-order valence-electron chi connectivity index (χ1n) is 7.88. The molecule has 22 heavy (non-hydrogen) atoms. The zero-order valence-corrected chi connectivity index (χ0v) is 12.9. The molecule has 2 aliphatic rings. The van der Waals surface area contributed by atoms with Crippen LogP contribution in [0.25, 0.3) is 0 Å². The molecule has 2 unspecified atom stereocenters. The van der Waals surface area contributed by atoms with Gasteiger partial charge in [-0.05, 0) is 18.9 Å². The molecule has 0 saturated carbocycles. The molecule has 0 aliphatic carbocycles. The summed E-state index contributed by atoms with van der Waals surface area (Å²) in [6, 6.07) is 0. The molecule has 0 radical (unpaired) electrons. The number of rotatable bonds is 3. The van der Waals surface area contributed by atoms with Crippen molar-refractivity contribution in [2.45, 2.75) is 13.3 Å². The molecular formula is C15H23N5O2. The summed E-state index contributed by atoms with van der Waals surface area (Å²) in [7, 11) is 0. The SMILES string of the molecule is CC1CNCC(C(=O)Nc2cnc(N3CCOCC3)nc2)C1. The smallest absolute Gasteiger partial charge is 0.228 e. The number of anilines is 2. The highest BCUT2D eigenvalue weighted by Gasteiger charge is 2.25. The normalized spacial score (nSPS) is 25.8. The fourth-order valence-corrected chi connectivity index (χ4v) is 2.91. The van der Waals surface area contributed by atoms with Gasteiger partial charge in [0, 0.05) is 19.6 Å². The molecule has 0 bridgehead atoms. The van der Waals surface area contributed by atoms with Crippen molar-refractivity contribution >= 4 is 17.5 Å². The van der Waals surface area contributed by atoms with E-state index in [-0.39, 0.29) is 11.8 Å². The molecule has 2 fully saturated rings. The minimum absolute atomic E-state index is 0.0164. The Balaban J connectivity index is 1.57. The van der Waals surface area contributed by atoms with Crippen LogP contribution >= 0.6 is 0 Å². The molecule has 7 heteroatoms. The number of carbonyl (C=O) groups excluding carboxylic acids is 1. The number of hydrogen-bond acceptors (Lipinski definition) is 6. The fourth-order valence-electron chi connectivity index (χ4n) is 2.91. The molecule has 7 nitrogen and oxygen atoms in total. The molecular weight excluding hydrogens is 282 g/mol. The Morgan fingerprint density at radius 3 is 2.73 bits per heavy atom. The summed E-state index contributed by atoms with van der Waals surface area (Å²) in [6.45, 7) is 6.90. The summed E-state index contributed by atoms with van der Waals surface area (Å²) in [5.74, 6) is 1.28. The van der Waals surface area contributed by atoms with Crippen LogP contribution < -0.4 is 15.5 Å². The van der Waals surface area contributed by atoms with Gasteiger partial charge < -0.3 is 20.3 Å². The number of nitrogens with zero attached hydrogens (tertiary/aromatic N) is 3. The van der Waals surface area contributed by atoms with Crippen molar-refractivity contribution in [1.29, 1.82) is 0 Å². The van der Waals surface area contributed by atoms with Crippen molar-refractivity contribution < 1.29 is 9.53 Å². The summed E-state index contributed by atoms with van der Waals surface area (Å²) >= 11 is 0. The number of amides is 1. The molecule has 2 saturated heterocycles. The average molecular weight is 305 g/mol. The molecule has 1 amide bonds. The number of aromatic nitrogens is 2. The fraction of sp³-hybridized carbons (Fsp3) is 0.667. The van der Waals surface area contributed by atoms with Gasteiger partial charge in [0.1, 0.15) is 0 Å². The molecule has 120 valence electrons. The lowest BCUT2D eigenvalue weighted by atomic mass is 9.91. The zero-order valence-electron chi connectivity index (χ0n) is 12.9. The molecule has 3 heterocycles. The Kier molecular flexibility index (Phi) is 4.84. The van der Waals surface area contributed by atoms with Crippen LogP contribution in [0.15, 0.2) is 12.4 Å². The van der Waals surface area contributed by atoms with Gasteiger partial charge in [0.15, 0.2) is 0 Å². The minimum Gasteiger partial charge on any atom is -0.378 e. The molecule has 2 aliphatic heterocycles. The predicted molar refractivity (Wildman–Crippen MR) is 83.8 cm³/mol. The van der Waals surface area contributed by atoms with Gasteiger partial charge in [0.25, 0.3) is 0 Å². The van der Waals surface area contributed by atoms with E-state index in [1.165, 1.54) is 0 Å². The second-order valence-corrected chi connectivity index (χ2v) is 6.06. The van der Waals surface area contributed by atoms with Crippen molar-refractivity contribution in [3.8, 4) is 0 Å². The van der Waals surface area contributed by atoms with Crippen molar-refractivity contribution in [2.75, 3.05) is 49.6 Å². The van der Waals surface area contributed by atoms with Crippen molar-refractivity contribution in [2.24, 2.45) is 11.8 Å². The first kappa shape index (κ1) is 15.2. The first-order chi connectivity index (χ1) is 10.7. The minimum atomic E-state index is 0.0164. The Labute approximate surface area is 130 Å². The third-order valence-corrected chi connectivity index (χ3v) is 4.14. The van der Waals surface area contributed by atoms with Crippen LogP contribution in [0.4, 0.5) is 11.6 Å². The van der Waals surface area contributed by atoms with Gasteiger partial charge in [-0.3, -0.25) is 4.79 Å². The largest absolute Gasteiger partial charge is 0.378 e. The Hall–Kier alpha value is -1.73. The monoisotopic (exact) mass is 305 g/mol. The summed E-state index contributed by atoms with van der Waals surface area (Å²) in [5, 5.41) is 6.21. The number of hydrogen-bond donors (Lipinski definition) is 2. The number of ether oxygens (including phenoxy) is 1.